The van der Waals surface area contributed by atoms with Crippen LogP contribution in [0.4, 0.5) is 10.2 Å². The lowest BCUT2D eigenvalue weighted by Crippen LogP contribution is -2.56. The molecule has 2 atom stereocenters. The highest BCUT2D eigenvalue weighted by molar-refractivity contribution is 5.82. The monoisotopic (exact) mass is 359 g/mol. The van der Waals surface area contributed by atoms with Gasteiger partial charge in [0, 0.05) is 31.5 Å². The van der Waals surface area contributed by atoms with E-state index in [4.69, 9.17) is 10.00 Å². The van der Waals surface area contributed by atoms with Gasteiger partial charge in [0.25, 0.3) is 0 Å². The number of hydrogen-bond donors (Lipinski definition) is 1. The van der Waals surface area contributed by atoms with Crippen LogP contribution < -0.4 is 5.32 Å². The number of nitrogens with one attached hydrogen (secondary N) is 1. The van der Waals surface area contributed by atoms with Crippen LogP contribution >= 0.6 is 0 Å². The number of morpholine rings is 1. The Morgan fingerprint density at radius 1 is 1.38 bits per heavy atom. The number of rotatable bonds is 3. The Morgan fingerprint density at radius 2 is 2.12 bits per heavy atom. The van der Waals surface area contributed by atoms with Crippen molar-refractivity contribution in [1.29, 1.82) is 5.26 Å². The molecular formula is C18H22FN5O2. The molecule has 3 fully saturated rings. The number of anilines is 1. The lowest BCUT2D eigenvalue weighted by atomic mass is 9.80. The van der Waals surface area contributed by atoms with E-state index in [2.05, 4.69) is 15.3 Å². The van der Waals surface area contributed by atoms with Crippen molar-refractivity contribution in [1.82, 2.24) is 14.9 Å². The highest BCUT2D eigenvalue weighted by Gasteiger charge is 2.49. The molecule has 0 bridgehead atoms. The molecule has 0 radical (unpaired) electrons. The van der Waals surface area contributed by atoms with Crippen molar-refractivity contribution in [2.24, 2.45) is 5.92 Å². The van der Waals surface area contributed by atoms with Crippen LogP contribution in [0.5, 0.6) is 0 Å². The van der Waals surface area contributed by atoms with Crippen molar-refractivity contribution in [3.8, 4) is 6.07 Å². The lowest BCUT2D eigenvalue weighted by Gasteiger charge is -2.46. The molecule has 1 spiro atoms. The maximum Gasteiger partial charge on any atom is 0.228 e. The van der Waals surface area contributed by atoms with Gasteiger partial charge in [0.15, 0.2) is 11.5 Å². The third-order valence-electron chi connectivity index (χ3n) is 5.63. The fraction of sp³-hybridized carbons (Fsp3) is 0.667. The Kier molecular flexibility index (Phi) is 4.49. The molecule has 2 saturated carbocycles. The smallest absolute Gasteiger partial charge is 0.228 e. The van der Waals surface area contributed by atoms with Gasteiger partial charge in [-0.3, -0.25) is 4.79 Å². The maximum atomic E-state index is 13.2. The minimum atomic E-state index is -0.956. The lowest BCUT2D eigenvalue weighted by molar-refractivity contribution is -0.158. The van der Waals surface area contributed by atoms with Crippen molar-refractivity contribution >= 4 is 11.7 Å². The second-order valence-corrected chi connectivity index (χ2v) is 7.43. The first-order valence-electron chi connectivity index (χ1n) is 9.15. The van der Waals surface area contributed by atoms with Crippen LogP contribution in [0.1, 0.15) is 37.8 Å². The van der Waals surface area contributed by atoms with E-state index in [9.17, 15) is 9.18 Å². The summed E-state index contributed by atoms with van der Waals surface area (Å²) < 4.78 is 19.3. The summed E-state index contributed by atoms with van der Waals surface area (Å²) >= 11 is 0. The van der Waals surface area contributed by atoms with Crippen LogP contribution in [0.2, 0.25) is 0 Å². The molecule has 7 nitrogen and oxygen atoms in total. The summed E-state index contributed by atoms with van der Waals surface area (Å²) in [5.74, 6) is 0.0305. The predicted octanol–water partition coefficient (Wildman–Crippen LogP) is 1.66. The summed E-state index contributed by atoms with van der Waals surface area (Å²) in [5, 5.41) is 12.4. The average Bonchev–Trinajstić information content (AvgIpc) is 3.40. The van der Waals surface area contributed by atoms with Crippen LogP contribution in [-0.2, 0) is 9.53 Å². The molecule has 2 unspecified atom stereocenters. The van der Waals surface area contributed by atoms with Crippen LogP contribution in [0.25, 0.3) is 0 Å². The first kappa shape index (κ1) is 17.2. The van der Waals surface area contributed by atoms with Gasteiger partial charge in [-0.25, -0.2) is 14.4 Å². The highest BCUT2D eigenvalue weighted by atomic mass is 19.1. The summed E-state index contributed by atoms with van der Waals surface area (Å²) in [6, 6.07) is 2.24. The van der Waals surface area contributed by atoms with E-state index < -0.39 is 12.1 Å². The molecule has 8 heteroatoms. The van der Waals surface area contributed by atoms with Crippen molar-refractivity contribution in [3.05, 3.63) is 18.1 Å². The van der Waals surface area contributed by atoms with Crippen molar-refractivity contribution in [3.63, 3.8) is 0 Å². The normalized spacial score (nSPS) is 33.5. The topological polar surface area (TPSA) is 91.1 Å². The third-order valence-corrected chi connectivity index (χ3v) is 5.63. The first-order valence-corrected chi connectivity index (χ1v) is 9.15. The van der Waals surface area contributed by atoms with Crippen molar-refractivity contribution in [2.75, 3.05) is 25.0 Å². The largest absolute Gasteiger partial charge is 0.371 e. The van der Waals surface area contributed by atoms with Crippen molar-refractivity contribution in [2.45, 2.75) is 49.9 Å². The fourth-order valence-electron chi connectivity index (χ4n) is 4.00. The molecule has 2 aliphatic carbocycles. The number of nitrogens with zero attached hydrogens (tertiary/aromatic N) is 4. The van der Waals surface area contributed by atoms with Gasteiger partial charge in [0.1, 0.15) is 12.2 Å². The summed E-state index contributed by atoms with van der Waals surface area (Å²) in [7, 11) is 0. The second kappa shape index (κ2) is 6.80. The Hall–Kier alpha value is -2.27. The molecule has 138 valence electrons. The molecule has 1 aliphatic heterocycles. The van der Waals surface area contributed by atoms with Crippen LogP contribution in [0.3, 0.4) is 0 Å². The zero-order valence-electron chi connectivity index (χ0n) is 14.5. The molecule has 1 saturated heterocycles. The van der Waals surface area contributed by atoms with E-state index in [0.717, 1.165) is 25.7 Å². The predicted molar refractivity (Wildman–Crippen MR) is 90.9 cm³/mol. The maximum absolute atomic E-state index is 13.2. The van der Waals surface area contributed by atoms with Gasteiger partial charge in [0.05, 0.1) is 18.1 Å². The number of nitriles is 1. The number of halogens is 1. The summed E-state index contributed by atoms with van der Waals surface area (Å²) in [6.45, 7) is 1.61. The Labute approximate surface area is 151 Å². The minimum absolute atomic E-state index is 0.0568. The molecule has 1 amide bonds. The van der Waals surface area contributed by atoms with E-state index in [1.165, 1.54) is 6.20 Å². The van der Waals surface area contributed by atoms with Gasteiger partial charge >= 0.3 is 0 Å². The third kappa shape index (κ3) is 3.36. The van der Waals surface area contributed by atoms with E-state index >= 15 is 0 Å². The van der Waals surface area contributed by atoms with Gasteiger partial charge in [0.2, 0.25) is 5.91 Å². The molecule has 26 heavy (non-hydrogen) atoms. The van der Waals surface area contributed by atoms with Crippen LogP contribution in [0.15, 0.2) is 12.4 Å². The van der Waals surface area contributed by atoms with Crippen LogP contribution in [-0.4, -0.2) is 58.3 Å². The zero-order valence-corrected chi connectivity index (χ0v) is 14.5. The molecule has 4 rings (SSSR count). The number of carbonyl (C=O) groups excluding carboxylic acids is 1. The van der Waals surface area contributed by atoms with E-state index in [0.29, 0.717) is 37.6 Å². The zero-order chi connectivity index (χ0) is 18.1. The van der Waals surface area contributed by atoms with Gasteiger partial charge in [-0.1, -0.05) is 0 Å². The molecule has 3 aliphatic rings. The number of aromatic nitrogens is 2. The Morgan fingerprint density at radius 3 is 2.81 bits per heavy atom. The number of amides is 1. The van der Waals surface area contributed by atoms with Gasteiger partial charge in [-0.05, 0) is 32.1 Å². The number of carbonyl (C=O) groups is 1. The number of ether oxygens (including phenoxy) is 1. The Bertz CT molecular complexity index is 729. The highest BCUT2D eigenvalue weighted by Crippen LogP contribution is 2.39. The molecular weight excluding hydrogens is 337 g/mol. The standard InChI is InChI=1S/C18H22FN5O2/c19-14-9-13(14)17(25)24-7-8-26-18(11-24)3-1-12(2-4-18)23-16-15(10-20)21-5-6-22-16/h5-6,12-14H,1-4,7-9,11H2,(H,22,23). The molecule has 2 heterocycles. The average molecular weight is 359 g/mol. The van der Waals surface area contributed by atoms with Crippen LogP contribution in [0, 0.1) is 17.2 Å². The summed E-state index contributed by atoms with van der Waals surface area (Å²) in [5.41, 5.74) is -0.0311. The van der Waals surface area contributed by atoms with E-state index in [-0.39, 0.29) is 17.6 Å². The second-order valence-electron chi connectivity index (χ2n) is 7.43. The number of hydrogen-bond acceptors (Lipinski definition) is 6. The SMILES string of the molecule is N#Cc1nccnc1NC1CCC2(CC1)CN(C(=O)C1CC1F)CCO2. The summed E-state index contributed by atoms with van der Waals surface area (Å²) in [4.78, 5) is 22.4. The van der Waals surface area contributed by atoms with E-state index in [1.54, 1.807) is 11.1 Å². The van der Waals surface area contributed by atoms with Gasteiger partial charge < -0.3 is 15.0 Å². The van der Waals surface area contributed by atoms with Crippen molar-refractivity contribution < 1.29 is 13.9 Å². The molecule has 1 aromatic heterocycles. The number of alkyl halides is 1. The quantitative estimate of drug-likeness (QED) is 0.883. The minimum Gasteiger partial charge on any atom is -0.371 e. The van der Waals surface area contributed by atoms with Gasteiger partial charge in [-0.15, -0.1) is 0 Å². The first-order chi connectivity index (χ1) is 12.6. The molecule has 1 aromatic rings. The Balaban J connectivity index is 1.35. The molecule has 0 aromatic carbocycles. The van der Waals surface area contributed by atoms with E-state index in [1.807, 2.05) is 6.07 Å². The van der Waals surface area contributed by atoms with Gasteiger partial charge in [-0.2, -0.15) is 5.26 Å². The molecule has 1 N–H and O–H groups in total. The fourth-order valence-corrected chi connectivity index (χ4v) is 4.00. The summed E-state index contributed by atoms with van der Waals surface area (Å²) in [6.07, 6.45) is 5.84.